The van der Waals surface area contributed by atoms with Gasteiger partial charge in [-0.15, -0.1) is 11.3 Å². The zero-order chi connectivity index (χ0) is 12.1. The van der Waals surface area contributed by atoms with Crippen molar-refractivity contribution in [2.45, 2.75) is 27.2 Å². The zero-order valence-electron chi connectivity index (χ0n) is 9.78. The lowest BCUT2D eigenvalue weighted by atomic mass is 10.0. The van der Waals surface area contributed by atoms with Crippen LogP contribution in [0.4, 0.5) is 0 Å². The lowest BCUT2D eigenvalue weighted by molar-refractivity contribution is 0.0530. The van der Waals surface area contributed by atoms with Gasteiger partial charge in [0.25, 0.3) is 0 Å². The van der Waals surface area contributed by atoms with Crippen molar-refractivity contribution in [3.05, 3.63) is 21.4 Å². The van der Waals surface area contributed by atoms with Crippen molar-refractivity contribution >= 4 is 23.6 Å². The second-order valence-electron chi connectivity index (χ2n) is 3.94. The van der Waals surface area contributed by atoms with E-state index >= 15 is 0 Å². The van der Waals surface area contributed by atoms with Crippen molar-refractivity contribution in [2.24, 2.45) is 5.92 Å². The van der Waals surface area contributed by atoms with Crippen LogP contribution in [0.3, 0.4) is 0 Å². The number of carbonyl (C=O) groups is 2. The molecule has 0 atom stereocenters. The molecule has 0 saturated heterocycles. The number of rotatable bonds is 5. The van der Waals surface area contributed by atoms with Crippen molar-refractivity contribution in [2.75, 3.05) is 6.61 Å². The molecule has 0 fully saturated rings. The highest BCUT2D eigenvalue weighted by molar-refractivity contribution is 7.15. The molecule has 1 aromatic heterocycles. The summed E-state index contributed by atoms with van der Waals surface area (Å²) in [7, 11) is 0. The van der Waals surface area contributed by atoms with Gasteiger partial charge in [-0.05, 0) is 30.9 Å². The molecule has 0 unspecified atom stereocenters. The maximum absolute atomic E-state index is 11.6. The van der Waals surface area contributed by atoms with E-state index in [0.29, 0.717) is 22.3 Å². The third kappa shape index (κ3) is 3.17. The van der Waals surface area contributed by atoms with E-state index in [1.807, 2.05) is 0 Å². The average molecular weight is 240 g/mol. The van der Waals surface area contributed by atoms with Gasteiger partial charge in [0.1, 0.15) is 4.88 Å². The van der Waals surface area contributed by atoms with Crippen LogP contribution in [0.25, 0.3) is 0 Å². The molecule has 3 nitrogen and oxygen atoms in total. The Morgan fingerprint density at radius 1 is 1.56 bits per heavy atom. The molecule has 0 aromatic carbocycles. The van der Waals surface area contributed by atoms with E-state index in [-0.39, 0.29) is 5.97 Å². The third-order valence-electron chi connectivity index (χ3n) is 2.03. The SMILES string of the molecule is CCOC(=O)c1sc(C=O)cc1CC(C)C. The Bertz CT molecular complexity index is 380. The Morgan fingerprint density at radius 2 is 2.25 bits per heavy atom. The van der Waals surface area contributed by atoms with Crippen LogP contribution in [-0.2, 0) is 11.2 Å². The molecule has 0 aliphatic rings. The normalized spacial score (nSPS) is 10.5. The summed E-state index contributed by atoms with van der Waals surface area (Å²) in [6, 6.07) is 1.78. The number of thiophene rings is 1. The van der Waals surface area contributed by atoms with Gasteiger partial charge in [0.2, 0.25) is 0 Å². The summed E-state index contributed by atoms with van der Waals surface area (Å²) in [4.78, 5) is 23.5. The van der Waals surface area contributed by atoms with Crippen LogP contribution < -0.4 is 0 Å². The molecule has 0 aliphatic carbocycles. The predicted molar refractivity (Wildman–Crippen MR) is 64.2 cm³/mol. The lowest BCUT2D eigenvalue weighted by Crippen LogP contribution is -2.06. The smallest absolute Gasteiger partial charge is 0.348 e. The fourth-order valence-electron chi connectivity index (χ4n) is 1.47. The van der Waals surface area contributed by atoms with Crippen LogP contribution in [0.15, 0.2) is 6.07 Å². The first-order chi connectivity index (χ1) is 7.58. The first-order valence-corrected chi connectivity index (χ1v) is 6.15. The number of carbonyl (C=O) groups excluding carboxylic acids is 2. The summed E-state index contributed by atoms with van der Waals surface area (Å²) in [6.07, 6.45) is 1.57. The number of hydrogen-bond acceptors (Lipinski definition) is 4. The molecule has 1 rings (SSSR count). The molecular formula is C12H16O3S. The molecule has 0 aliphatic heterocycles. The van der Waals surface area contributed by atoms with Gasteiger partial charge in [-0.2, -0.15) is 0 Å². The van der Waals surface area contributed by atoms with Gasteiger partial charge < -0.3 is 4.74 Å². The summed E-state index contributed by atoms with van der Waals surface area (Å²) >= 11 is 1.21. The molecule has 1 heterocycles. The Balaban J connectivity index is 2.99. The molecule has 1 aromatic rings. The minimum Gasteiger partial charge on any atom is -0.462 e. The van der Waals surface area contributed by atoms with Crippen molar-refractivity contribution in [3.8, 4) is 0 Å². The lowest BCUT2D eigenvalue weighted by Gasteiger charge is -2.05. The van der Waals surface area contributed by atoms with Gasteiger partial charge in [0.05, 0.1) is 11.5 Å². The first kappa shape index (κ1) is 12.9. The Morgan fingerprint density at radius 3 is 2.75 bits per heavy atom. The second kappa shape index (κ2) is 5.80. The van der Waals surface area contributed by atoms with E-state index in [1.54, 1.807) is 13.0 Å². The number of ether oxygens (including phenoxy) is 1. The Kier molecular flexibility index (Phi) is 4.68. The van der Waals surface area contributed by atoms with Crippen molar-refractivity contribution in [1.82, 2.24) is 0 Å². The topological polar surface area (TPSA) is 43.4 Å². The van der Waals surface area contributed by atoms with Gasteiger partial charge in [0, 0.05) is 0 Å². The fourth-order valence-corrected chi connectivity index (χ4v) is 2.37. The van der Waals surface area contributed by atoms with Crippen LogP contribution in [0, 0.1) is 5.92 Å². The van der Waals surface area contributed by atoms with Gasteiger partial charge in [-0.1, -0.05) is 13.8 Å². The highest BCUT2D eigenvalue weighted by Crippen LogP contribution is 2.24. The molecular weight excluding hydrogens is 224 g/mol. The Hall–Kier alpha value is -1.16. The fraction of sp³-hybridized carbons (Fsp3) is 0.500. The molecule has 0 amide bonds. The van der Waals surface area contributed by atoms with Crippen LogP contribution in [0.5, 0.6) is 0 Å². The molecule has 4 heteroatoms. The van der Waals surface area contributed by atoms with E-state index in [9.17, 15) is 9.59 Å². The highest BCUT2D eigenvalue weighted by atomic mass is 32.1. The summed E-state index contributed by atoms with van der Waals surface area (Å²) in [6.45, 7) is 6.28. The molecule has 88 valence electrons. The minimum atomic E-state index is -0.323. The van der Waals surface area contributed by atoms with Crippen LogP contribution >= 0.6 is 11.3 Å². The molecule has 0 spiro atoms. The molecule has 0 N–H and O–H groups in total. The molecule has 0 radical (unpaired) electrons. The van der Waals surface area contributed by atoms with Gasteiger partial charge in [-0.25, -0.2) is 4.79 Å². The van der Waals surface area contributed by atoms with Crippen LogP contribution in [-0.4, -0.2) is 18.9 Å². The largest absolute Gasteiger partial charge is 0.462 e. The second-order valence-corrected chi connectivity index (χ2v) is 5.02. The van der Waals surface area contributed by atoms with E-state index in [2.05, 4.69) is 13.8 Å². The summed E-state index contributed by atoms with van der Waals surface area (Å²) in [5.74, 6) is 0.124. The quantitative estimate of drug-likeness (QED) is 0.587. The maximum atomic E-state index is 11.6. The van der Waals surface area contributed by atoms with Crippen molar-refractivity contribution in [1.29, 1.82) is 0 Å². The number of esters is 1. The Labute approximate surface area is 99.4 Å². The molecule has 0 saturated carbocycles. The minimum absolute atomic E-state index is 0.323. The number of hydrogen-bond donors (Lipinski definition) is 0. The molecule has 16 heavy (non-hydrogen) atoms. The van der Waals surface area contributed by atoms with Crippen molar-refractivity contribution < 1.29 is 14.3 Å². The molecule has 0 bridgehead atoms. The van der Waals surface area contributed by atoms with Gasteiger partial charge >= 0.3 is 5.97 Å². The monoisotopic (exact) mass is 240 g/mol. The van der Waals surface area contributed by atoms with Crippen LogP contribution in [0.2, 0.25) is 0 Å². The third-order valence-corrected chi connectivity index (χ3v) is 3.12. The summed E-state index contributed by atoms with van der Waals surface area (Å²) in [5.41, 5.74) is 0.917. The van der Waals surface area contributed by atoms with E-state index in [1.165, 1.54) is 11.3 Å². The highest BCUT2D eigenvalue weighted by Gasteiger charge is 2.17. The van der Waals surface area contributed by atoms with Gasteiger partial charge in [0.15, 0.2) is 6.29 Å². The van der Waals surface area contributed by atoms with Crippen LogP contribution in [0.1, 0.15) is 45.7 Å². The zero-order valence-corrected chi connectivity index (χ0v) is 10.6. The maximum Gasteiger partial charge on any atom is 0.348 e. The predicted octanol–water partition coefficient (Wildman–Crippen LogP) is 2.94. The number of aldehydes is 1. The van der Waals surface area contributed by atoms with E-state index in [4.69, 9.17) is 4.74 Å². The standard InChI is InChI=1S/C12H16O3S/c1-4-15-12(14)11-9(5-8(2)3)6-10(7-13)16-11/h6-8H,4-5H2,1-3H3. The van der Waals surface area contributed by atoms with E-state index in [0.717, 1.165) is 18.3 Å². The summed E-state index contributed by atoms with van der Waals surface area (Å²) in [5, 5.41) is 0. The first-order valence-electron chi connectivity index (χ1n) is 5.33. The summed E-state index contributed by atoms with van der Waals surface area (Å²) < 4.78 is 4.96. The van der Waals surface area contributed by atoms with E-state index < -0.39 is 0 Å². The van der Waals surface area contributed by atoms with Crippen molar-refractivity contribution in [3.63, 3.8) is 0 Å². The van der Waals surface area contributed by atoms with Gasteiger partial charge in [-0.3, -0.25) is 4.79 Å². The average Bonchev–Trinajstić information content (AvgIpc) is 2.60.